The molecule has 0 bridgehead atoms. The lowest BCUT2D eigenvalue weighted by atomic mass is 10.9. The maximum absolute atomic E-state index is 10.7. The van der Waals surface area contributed by atoms with E-state index in [1.54, 1.807) is 6.92 Å². The molecule has 0 radical (unpaired) electrons. The Morgan fingerprint density at radius 2 is 2.42 bits per heavy atom. The zero-order chi connectivity index (χ0) is 9.19. The molecule has 0 saturated heterocycles. The molecule has 0 amide bonds. The predicted molar refractivity (Wildman–Crippen MR) is 44.7 cm³/mol. The fraction of sp³-hybridized carbons (Fsp3) is 0.400. The van der Waals surface area contributed by atoms with Gasteiger partial charge in [-0.1, -0.05) is 11.3 Å². The number of ether oxygens (including phenoxy) is 1. The minimum Gasteiger partial charge on any atom is -0.470 e. The molecule has 0 spiro atoms. The molecule has 0 aliphatic carbocycles. The van der Waals surface area contributed by atoms with Crippen LogP contribution in [-0.2, 0) is 10.0 Å². The van der Waals surface area contributed by atoms with Gasteiger partial charge in [0, 0.05) is 0 Å². The van der Waals surface area contributed by atoms with E-state index in [0.717, 1.165) is 11.3 Å². The van der Waals surface area contributed by atoms with Crippen LogP contribution in [0.5, 0.6) is 5.19 Å². The summed E-state index contributed by atoms with van der Waals surface area (Å²) in [6.45, 7) is 2.25. The second-order valence-electron chi connectivity index (χ2n) is 1.92. The summed E-state index contributed by atoms with van der Waals surface area (Å²) in [4.78, 5) is 3.71. The fourth-order valence-electron chi connectivity index (χ4n) is 0.566. The topological polar surface area (TPSA) is 82.3 Å². The Balaban J connectivity index is 2.92. The van der Waals surface area contributed by atoms with E-state index >= 15 is 0 Å². The Labute approximate surface area is 74.2 Å². The van der Waals surface area contributed by atoms with Crippen LogP contribution in [0.1, 0.15) is 6.92 Å². The van der Waals surface area contributed by atoms with Crippen molar-refractivity contribution in [1.82, 2.24) is 4.98 Å². The first kappa shape index (κ1) is 9.43. The minimum absolute atomic E-state index is 0.0194. The molecule has 0 aromatic carbocycles. The van der Waals surface area contributed by atoms with Crippen LogP contribution in [0.3, 0.4) is 0 Å². The molecular formula is C5H8N2O3S2. The zero-order valence-electron chi connectivity index (χ0n) is 6.35. The van der Waals surface area contributed by atoms with Crippen LogP contribution in [0.2, 0.25) is 0 Å². The average Bonchev–Trinajstić information content (AvgIpc) is 2.35. The first-order valence-electron chi connectivity index (χ1n) is 3.15. The van der Waals surface area contributed by atoms with Gasteiger partial charge in [-0.15, -0.1) is 0 Å². The van der Waals surface area contributed by atoms with E-state index in [4.69, 9.17) is 9.88 Å². The average molecular weight is 208 g/mol. The molecule has 5 nitrogen and oxygen atoms in total. The highest BCUT2D eigenvalue weighted by atomic mass is 32.2. The van der Waals surface area contributed by atoms with Gasteiger partial charge < -0.3 is 4.74 Å². The van der Waals surface area contributed by atoms with Crippen LogP contribution >= 0.6 is 11.3 Å². The standard InChI is InChI=1S/C5H8N2O3S2/c1-2-10-5-7-3-4(11-5)12(6,8)9/h3H,2H2,1H3,(H2,6,8,9). The first-order chi connectivity index (χ1) is 5.54. The Morgan fingerprint density at radius 1 is 1.75 bits per heavy atom. The van der Waals surface area contributed by atoms with Gasteiger partial charge in [0.15, 0.2) is 4.21 Å². The van der Waals surface area contributed by atoms with Gasteiger partial charge in [-0.3, -0.25) is 0 Å². The summed E-state index contributed by atoms with van der Waals surface area (Å²) in [5.74, 6) is 0. The monoisotopic (exact) mass is 208 g/mol. The van der Waals surface area contributed by atoms with Gasteiger partial charge in [0.2, 0.25) is 10.0 Å². The van der Waals surface area contributed by atoms with Gasteiger partial charge in [-0.2, -0.15) is 0 Å². The molecule has 7 heteroatoms. The van der Waals surface area contributed by atoms with Crippen molar-refractivity contribution in [3.63, 3.8) is 0 Å². The van der Waals surface area contributed by atoms with Crippen molar-refractivity contribution in [2.75, 3.05) is 6.61 Å². The molecule has 0 unspecified atom stereocenters. The summed E-state index contributed by atoms with van der Waals surface area (Å²) in [5.41, 5.74) is 0. The van der Waals surface area contributed by atoms with Crippen molar-refractivity contribution in [2.45, 2.75) is 11.1 Å². The van der Waals surface area contributed by atoms with Crippen molar-refractivity contribution in [2.24, 2.45) is 5.14 Å². The van der Waals surface area contributed by atoms with Crippen LogP contribution in [0, 0.1) is 0 Å². The molecule has 0 aliphatic rings. The number of aromatic nitrogens is 1. The second-order valence-corrected chi connectivity index (χ2v) is 4.70. The molecule has 1 rings (SSSR count). The van der Waals surface area contributed by atoms with Crippen molar-refractivity contribution < 1.29 is 13.2 Å². The van der Waals surface area contributed by atoms with E-state index in [2.05, 4.69) is 4.98 Å². The van der Waals surface area contributed by atoms with Crippen LogP contribution < -0.4 is 9.88 Å². The Bertz CT molecular complexity index is 357. The Hall–Kier alpha value is -0.660. The molecule has 1 aromatic heterocycles. The van der Waals surface area contributed by atoms with Crippen molar-refractivity contribution in [1.29, 1.82) is 0 Å². The van der Waals surface area contributed by atoms with E-state index in [9.17, 15) is 8.42 Å². The van der Waals surface area contributed by atoms with E-state index in [1.165, 1.54) is 6.20 Å². The lowest BCUT2D eigenvalue weighted by Gasteiger charge is -1.92. The van der Waals surface area contributed by atoms with E-state index in [-0.39, 0.29) is 4.21 Å². The normalized spacial score (nSPS) is 11.5. The number of rotatable bonds is 3. The smallest absolute Gasteiger partial charge is 0.274 e. The molecule has 0 fully saturated rings. The largest absolute Gasteiger partial charge is 0.470 e. The molecule has 0 aliphatic heterocycles. The third-order valence-electron chi connectivity index (χ3n) is 1.01. The Morgan fingerprint density at radius 3 is 2.83 bits per heavy atom. The van der Waals surface area contributed by atoms with Crippen LogP contribution in [0.4, 0.5) is 0 Å². The van der Waals surface area contributed by atoms with Gasteiger partial charge in [0.1, 0.15) is 0 Å². The number of primary sulfonamides is 1. The highest BCUT2D eigenvalue weighted by Crippen LogP contribution is 2.23. The number of nitrogens with two attached hydrogens (primary N) is 1. The highest BCUT2D eigenvalue weighted by Gasteiger charge is 2.12. The number of hydrogen-bond donors (Lipinski definition) is 1. The predicted octanol–water partition coefficient (Wildman–Crippen LogP) is 0.189. The van der Waals surface area contributed by atoms with E-state index < -0.39 is 10.0 Å². The van der Waals surface area contributed by atoms with Crippen molar-refractivity contribution in [3.05, 3.63) is 6.20 Å². The van der Waals surface area contributed by atoms with Crippen LogP contribution in [-0.4, -0.2) is 20.0 Å². The van der Waals surface area contributed by atoms with Crippen LogP contribution in [0.25, 0.3) is 0 Å². The number of hydrogen-bond acceptors (Lipinski definition) is 5. The summed E-state index contributed by atoms with van der Waals surface area (Å²) in [5, 5.41) is 5.17. The summed E-state index contributed by atoms with van der Waals surface area (Å²) in [6, 6.07) is 0. The number of nitrogens with zero attached hydrogens (tertiary/aromatic N) is 1. The molecule has 1 aromatic rings. The summed E-state index contributed by atoms with van der Waals surface area (Å²) < 4.78 is 26.5. The summed E-state index contributed by atoms with van der Waals surface area (Å²) >= 11 is 0.918. The maximum Gasteiger partial charge on any atom is 0.274 e. The van der Waals surface area contributed by atoms with E-state index in [1.807, 2.05) is 0 Å². The van der Waals surface area contributed by atoms with Gasteiger partial charge in [0.05, 0.1) is 12.8 Å². The first-order valence-corrected chi connectivity index (χ1v) is 5.51. The molecular weight excluding hydrogens is 200 g/mol. The molecule has 12 heavy (non-hydrogen) atoms. The minimum atomic E-state index is -3.62. The van der Waals surface area contributed by atoms with Crippen molar-refractivity contribution >= 4 is 21.4 Å². The number of sulfonamides is 1. The molecule has 0 saturated carbocycles. The fourth-order valence-corrected chi connectivity index (χ4v) is 2.00. The van der Waals surface area contributed by atoms with E-state index in [0.29, 0.717) is 11.8 Å². The Kier molecular flexibility index (Phi) is 2.65. The molecule has 2 N–H and O–H groups in total. The van der Waals surface area contributed by atoms with Gasteiger partial charge in [0.25, 0.3) is 5.19 Å². The SMILES string of the molecule is CCOc1ncc(S(N)(=O)=O)s1. The zero-order valence-corrected chi connectivity index (χ0v) is 7.98. The van der Waals surface area contributed by atoms with Gasteiger partial charge in [-0.25, -0.2) is 18.5 Å². The van der Waals surface area contributed by atoms with Gasteiger partial charge >= 0.3 is 0 Å². The summed E-state index contributed by atoms with van der Waals surface area (Å²) in [7, 11) is -3.62. The second kappa shape index (κ2) is 3.38. The maximum atomic E-state index is 10.7. The quantitative estimate of drug-likeness (QED) is 0.768. The molecule has 68 valence electrons. The lowest BCUT2D eigenvalue weighted by Crippen LogP contribution is -2.09. The third kappa shape index (κ3) is 2.16. The van der Waals surface area contributed by atoms with Crippen LogP contribution in [0.15, 0.2) is 10.4 Å². The van der Waals surface area contributed by atoms with Gasteiger partial charge in [-0.05, 0) is 6.92 Å². The highest BCUT2D eigenvalue weighted by molar-refractivity contribution is 7.91. The molecule has 0 atom stereocenters. The third-order valence-corrected chi connectivity index (χ3v) is 3.33. The van der Waals surface area contributed by atoms with Crippen molar-refractivity contribution in [3.8, 4) is 5.19 Å². The lowest BCUT2D eigenvalue weighted by molar-refractivity contribution is 0.338. The molecule has 1 heterocycles. The summed E-state index contributed by atoms with van der Waals surface area (Å²) in [6.07, 6.45) is 1.19. The number of thiazole rings is 1.